The number of nitro benzene ring substituents is 1. The zero-order valence-corrected chi connectivity index (χ0v) is 7.27. The van der Waals surface area contributed by atoms with E-state index in [9.17, 15) is 10.1 Å². The van der Waals surface area contributed by atoms with Crippen LogP contribution in [0, 0.1) is 22.5 Å². The first-order valence-corrected chi connectivity index (χ1v) is 3.75. The molecule has 5 heteroatoms. The number of hydrogen-bond acceptors (Lipinski definition) is 4. The zero-order valence-electron chi connectivity index (χ0n) is 7.27. The van der Waals surface area contributed by atoms with Crippen LogP contribution in [0.15, 0.2) is 18.2 Å². The Kier molecular flexibility index (Phi) is 2.92. The molecular weight excluding hydrogens is 184 g/mol. The van der Waals surface area contributed by atoms with E-state index >= 15 is 0 Å². The number of ether oxygens (including phenoxy) is 1. The number of terminal acetylenes is 1. The van der Waals surface area contributed by atoms with Crippen LogP contribution in [0.2, 0.25) is 0 Å². The maximum absolute atomic E-state index is 10.4. The van der Waals surface area contributed by atoms with Gasteiger partial charge in [-0.05, 0) is 6.07 Å². The smallest absolute Gasteiger partial charge is 0.292 e. The number of nitrogen functional groups attached to an aromatic ring is 1. The fourth-order valence-corrected chi connectivity index (χ4v) is 0.914. The first-order chi connectivity index (χ1) is 6.65. The van der Waals surface area contributed by atoms with Gasteiger partial charge in [-0.1, -0.05) is 5.92 Å². The van der Waals surface area contributed by atoms with Gasteiger partial charge in [-0.3, -0.25) is 10.1 Å². The molecule has 0 heterocycles. The van der Waals surface area contributed by atoms with Crippen molar-refractivity contribution in [3.63, 3.8) is 0 Å². The molecule has 0 aliphatic rings. The second-order valence-electron chi connectivity index (χ2n) is 2.47. The van der Waals surface area contributed by atoms with Gasteiger partial charge in [0, 0.05) is 12.1 Å². The summed E-state index contributed by atoms with van der Waals surface area (Å²) in [6.45, 7) is 0.108. The summed E-state index contributed by atoms with van der Waals surface area (Å²) in [5.74, 6) is 2.70. The van der Waals surface area contributed by atoms with E-state index in [0.717, 1.165) is 0 Å². The van der Waals surface area contributed by atoms with Gasteiger partial charge in [-0.2, -0.15) is 0 Å². The molecule has 0 aromatic heterocycles. The second kappa shape index (κ2) is 4.14. The molecule has 72 valence electrons. The summed E-state index contributed by atoms with van der Waals surface area (Å²) in [6, 6.07) is 4.10. The number of hydrogen-bond donors (Lipinski definition) is 1. The van der Waals surface area contributed by atoms with Crippen LogP contribution in [0.5, 0.6) is 5.75 Å². The minimum Gasteiger partial charge on any atom is -0.481 e. The molecule has 0 amide bonds. The number of benzene rings is 1. The van der Waals surface area contributed by atoms with E-state index in [4.69, 9.17) is 16.9 Å². The zero-order chi connectivity index (χ0) is 10.6. The first-order valence-electron chi connectivity index (χ1n) is 3.75. The van der Waals surface area contributed by atoms with Gasteiger partial charge in [0.15, 0.2) is 0 Å². The Hall–Kier alpha value is -2.22. The molecule has 0 bridgehead atoms. The van der Waals surface area contributed by atoms with Crippen molar-refractivity contribution in [1.29, 1.82) is 0 Å². The molecule has 2 N–H and O–H groups in total. The molecule has 0 aliphatic carbocycles. The molecule has 14 heavy (non-hydrogen) atoms. The van der Waals surface area contributed by atoms with Gasteiger partial charge in [0.2, 0.25) is 0 Å². The number of anilines is 1. The minimum absolute atomic E-state index is 0.0597. The highest BCUT2D eigenvalue weighted by molar-refractivity contribution is 5.60. The maximum Gasteiger partial charge on any atom is 0.292 e. The van der Waals surface area contributed by atoms with Gasteiger partial charge >= 0.3 is 0 Å². The summed E-state index contributed by atoms with van der Waals surface area (Å²) in [5, 5.41) is 10.4. The molecule has 1 aromatic carbocycles. The average molecular weight is 192 g/mol. The van der Waals surface area contributed by atoms with Gasteiger partial charge in [-0.25, -0.2) is 0 Å². The standard InChI is InChI=1S/C9H8N2O3/c1-2-5-14-7-3-4-9(11(12)13)8(10)6-7/h1,3-4,6H,5,10H2. The molecule has 0 saturated heterocycles. The van der Waals surface area contributed by atoms with Gasteiger partial charge in [0.1, 0.15) is 18.0 Å². The lowest BCUT2D eigenvalue weighted by Crippen LogP contribution is -1.98. The molecule has 0 atom stereocenters. The SMILES string of the molecule is C#CCOc1ccc([N+](=O)[O-])c(N)c1. The van der Waals surface area contributed by atoms with E-state index in [0.29, 0.717) is 5.75 Å². The number of nitrogens with zero attached hydrogens (tertiary/aromatic N) is 1. The lowest BCUT2D eigenvalue weighted by atomic mass is 10.2. The quantitative estimate of drug-likeness (QED) is 0.337. The third-order valence-electron chi connectivity index (χ3n) is 1.52. The molecule has 0 radical (unpaired) electrons. The highest BCUT2D eigenvalue weighted by atomic mass is 16.6. The summed E-state index contributed by atoms with van der Waals surface area (Å²) >= 11 is 0. The monoisotopic (exact) mass is 192 g/mol. The van der Waals surface area contributed by atoms with E-state index in [2.05, 4.69) is 5.92 Å². The van der Waals surface area contributed by atoms with Crippen LogP contribution in [0.25, 0.3) is 0 Å². The third-order valence-corrected chi connectivity index (χ3v) is 1.52. The van der Waals surface area contributed by atoms with E-state index in [-0.39, 0.29) is 18.0 Å². The largest absolute Gasteiger partial charge is 0.481 e. The van der Waals surface area contributed by atoms with Crippen molar-refractivity contribution in [1.82, 2.24) is 0 Å². The van der Waals surface area contributed by atoms with Gasteiger partial charge in [0.25, 0.3) is 5.69 Å². The van der Waals surface area contributed by atoms with Crippen LogP contribution in [-0.2, 0) is 0 Å². The fraction of sp³-hybridized carbons (Fsp3) is 0.111. The highest BCUT2D eigenvalue weighted by Gasteiger charge is 2.11. The predicted octanol–water partition coefficient (Wildman–Crippen LogP) is 1.19. The van der Waals surface area contributed by atoms with Crippen molar-refractivity contribution < 1.29 is 9.66 Å². The number of nitro groups is 1. The van der Waals surface area contributed by atoms with Gasteiger partial charge < -0.3 is 10.5 Å². The average Bonchev–Trinajstić information content (AvgIpc) is 2.14. The predicted molar refractivity (Wildman–Crippen MR) is 51.8 cm³/mol. The van der Waals surface area contributed by atoms with Crippen molar-refractivity contribution >= 4 is 11.4 Å². The van der Waals surface area contributed by atoms with Crippen LogP contribution < -0.4 is 10.5 Å². The summed E-state index contributed by atoms with van der Waals surface area (Å²) in [4.78, 5) is 9.84. The summed E-state index contributed by atoms with van der Waals surface area (Å²) in [7, 11) is 0. The van der Waals surface area contributed by atoms with E-state index in [1.54, 1.807) is 0 Å². The molecule has 1 aromatic rings. The molecule has 0 unspecified atom stereocenters. The van der Waals surface area contributed by atoms with Crippen molar-refractivity contribution in [3.8, 4) is 18.1 Å². The Morgan fingerprint density at radius 3 is 2.86 bits per heavy atom. The third kappa shape index (κ3) is 2.14. The molecule has 1 rings (SSSR count). The first kappa shape index (κ1) is 9.86. The van der Waals surface area contributed by atoms with E-state index in [1.807, 2.05) is 0 Å². The fourth-order valence-electron chi connectivity index (χ4n) is 0.914. The molecular formula is C9H8N2O3. The van der Waals surface area contributed by atoms with Crippen molar-refractivity contribution in [2.75, 3.05) is 12.3 Å². The normalized spacial score (nSPS) is 9.07. The van der Waals surface area contributed by atoms with Crippen molar-refractivity contribution in [3.05, 3.63) is 28.3 Å². The Morgan fingerprint density at radius 1 is 1.64 bits per heavy atom. The Labute approximate surface area is 80.6 Å². The molecule has 5 nitrogen and oxygen atoms in total. The molecule has 0 aliphatic heterocycles. The Balaban J connectivity index is 2.90. The van der Waals surface area contributed by atoms with Crippen molar-refractivity contribution in [2.24, 2.45) is 0 Å². The van der Waals surface area contributed by atoms with E-state index < -0.39 is 4.92 Å². The van der Waals surface area contributed by atoms with Crippen LogP contribution in [0.3, 0.4) is 0 Å². The van der Waals surface area contributed by atoms with Crippen LogP contribution >= 0.6 is 0 Å². The molecule has 0 fully saturated rings. The van der Waals surface area contributed by atoms with Gasteiger partial charge in [0.05, 0.1) is 4.92 Å². The lowest BCUT2D eigenvalue weighted by Gasteiger charge is -2.02. The molecule has 0 spiro atoms. The number of rotatable bonds is 3. The summed E-state index contributed by atoms with van der Waals surface area (Å²) in [6.07, 6.45) is 4.98. The maximum atomic E-state index is 10.4. The Morgan fingerprint density at radius 2 is 2.36 bits per heavy atom. The van der Waals surface area contributed by atoms with Crippen LogP contribution in [-0.4, -0.2) is 11.5 Å². The lowest BCUT2D eigenvalue weighted by molar-refractivity contribution is -0.383. The van der Waals surface area contributed by atoms with Crippen molar-refractivity contribution in [2.45, 2.75) is 0 Å². The van der Waals surface area contributed by atoms with E-state index in [1.165, 1.54) is 18.2 Å². The molecule has 0 saturated carbocycles. The minimum atomic E-state index is -0.555. The van der Waals surface area contributed by atoms with Crippen LogP contribution in [0.1, 0.15) is 0 Å². The number of nitrogens with two attached hydrogens (primary N) is 1. The Bertz CT molecular complexity index is 396. The topological polar surface area (TPSA) is 78.4 Å². The van der Waals surface area contributed by atoms with Crippen LogP contribution in [0.4, 0.5) is 11.4 Å². The summed E-state index contributed by atoms with van der Waals surface area (Å²) < 4.78 is 5.03. The highest BCUT2D eigenvalue weighted by Crippen LogP contribution is 2.25. The second-order valence-corrected chi connectivity index (χ2v) is 2.47. The van der Waals surface area contributed by atoms with Gasteiger partial charge in [-0.15, -0.1) is 6.42 Å². The summed E-state index contributed by atoms with van der Waals surface area (Å²) in [5.41, 5.74) is 5.34.